The van der Waals surface area contributed by atoms with Gasteiger partial charge in [-0.25, -0.2) is 14.4 Å². The molecular weight excluding hydrogens is 428 g/mol. The first-order valence-corrected chi connectivity index (χ1v) is 11.7. The minimum absolute atomic E-state index is 0.0733. The van der Waals surface area contributed by atoms with Gasteiger partial charge in [0.15, 0.2) is 0 Å². The second kappa shape index (κ2) is 9.91. The molecule has 2 amide bonds. The molecule has 2 heterocycles. The summed E-state index contributed by atoms with van der Waals surface area (Å²) in [6, 6.07) is 0. The summed E-state index contributed by atoms with van der Waals surface area (Å²) in [4.78, 5) is 35.8. The average Bonchev–Trinajstić information content (AvgIpc) is 2.68. The Morgan fingerprint density at radius 3 is 2.39 bits per heavy atom. The van der Waals surface area contributed by atoms with Crippen molar-refractivity contribution >= 4 is 18.2 Å². The Balaban J connectivity index is 1.48. The lowest BCUT2D eigenvalue weighted by Gasteiger charge is -2.51. The van der Waals surface area contributed by atoms with Crippen molar-refractivity contribution in [3.63, 3.8) is 0 Å². The molecule has 0 aromatic carbocycles. The van der Waals surface area contributed by atoms with Gasteiger partial charge in [0.1, 0.15) is 0 Å². The Morgan fingerprint density at radius 1 is 1.03 bits per heavy atom. The summed E-state index contributed by atoms with van der Waals surface area (Å²) in [6.07, 6.45) is 6.01. The number of ether oxygens (including phenoxy) is 4. The van der Waals surface area contributed by atoms with Gasteiger partial charge < -0.3 is 29.6 Å². The molecule has 2 aliphatic carbocycles. The second-order valence-electron chi connectivity index (χ2n) is 11.2. The van der Waals surface area contributed by atoms with Crippen molar-refractivity contribution in [1.82, 2.24) is 10.6 Å². The highest BCUT2D eigenvalue weighted by molar-refractivity contribution is 5.81. The van der Waals surface area contributed by atoms with E-state index in [9.17, 15) is 14.4 Å². The van der Waals surface area contributed by atoms with Crippen molar-refractivity contribution in [2.45, 2.75) is 84.0 Å². The van der Waals surface area contributed by atoms with Gasteiger partial charge in [-0.2, -0.15) is 0 Å². The van der Waals surface area contributed by atoms with E-state index in [0.29, 0.717) is 25.7 Å². The number of hydrogen-bond acceptors (Lipinski definition) is 7. The zero-order valence-electron chi connectivity index (χ0n) is 20.2. The van der Waals surface area contributed by atoms with Crippen LogP contribution in [0.25, 0.3) is 0 Å². The first-order valence-electron chi connectivity index (χ1n) is 11.7. The predicted molar refractivity (Wildman–Crippen MR) is 120 cm³/mol. The quantitative estimate of drug-likeness (QED) is 0.319. The van der Waals surface area contributed by atoms with Gasteiger partial charge in [-0.05, 0) is 49.9 Å². The Kier molecular flexibility index (Phi) is 7.61. The maximum absolute atomic E-state index is 12.4. The van der Waals surface area contributed by atoms with E-state index >= 15 is 0 Å². The summed E-state index contributed by atoms with van der Waals surface area (Å²) >= 11 is 0. The molecule has 4 aliphatic rings. The molecule has 186 valence electrons. The maximum Gasteiger partial charge on any atom is 0.410 e. The summed E-state index contributed by atoms with van der Waals surface area (Å²) in [6.45, 7) is 12.0. The number of nitrogens with one attached hydrogen (secondary N) is 2. The van der Waals surface area contributed by atoms with Crippen LogP contribution in [-0.2, 0) is 23.7 Å². The van der Waals surface area contributed by atoms with Gasteiger partial charge in [0.05, 0.1) is 18.8 Å². The van der Waals surface area contributed by atoms with Crippen LogP contribution in [0.3, 0.4) is 0 Å². The van der Waals surface area contributed by atoms with Crippen LogP contribution >= 0.6 is 0 Å². The molecule has 9 heteroatoms. The summed E-state index contributed by atoms with van der Waals surface area (Å²) in [5.41, 5.74) is -0.884. The molecule has 2 aliphatic heterocycles. The van der Waals surface area contributed by atoms with Gasteiger partial charge in [-0.1, -0.05) is 27.4 Å². The Morgan fingerprint density at radius 2 is 1.76 bits per heavy atom. The van der Waals surface area contributed by atoms with E-state index in [1.807, 2.05) is 6.92 Å². The van der Waals surface area contributed by atoms with Crippen molar-refractivity contribution in [1.29, 1.82) is 0 Å². The van der Waals surface area contributed by atoms with Crippen LogP contribution in [0.2, 0.25) is 0 Å². The van der Waals surface area contributed by atoms with Gasteiger partial charge in [0, 0.05) is 30.5 Å². The predicted octanol–water partition coefficient (Wildman–Crippen LogP) is 3.67. The first kappa shape index (κ1) is 25.3. The monoisotopic (exact) mass is 466 g/mol. The van der Waals surface area contributed by atoms with Crippen LogP contribution in [-0.4, -0.2) is 55.8 Å². The molecular formula is C24H38N2O7. The molecule has 0 spiro atoms. The number of amides is 2. The van der Waals surface area contributed by atoms with E-state index in [-0.39, 0.29) is 22.9 Å². The summed E-state index contributed by atoms with van der Waals surface area (Å²) in [5.74, 6) is -0.375. The number of esters is 1. The van der Waals surface area contributed by atoms with Gasteiger partial charge >= 0.3 is 18.2 Å². The molecule has 33 heavy (non-hydrogen) atoms. The van der Waals surface area contributed by atoms with Crippen LogP contribution in [0.1, 0.15) is 66.2 Å². The number of hydrogen-bond donors (Lipinski definition) is 2. The lowest BCUT2D eigenvalue weighted by atomic mass is 9.58. The summed E-state index contributed by atoms with van der Waals surface area (Å²) in [7, 11) is 0. The molecule has 9 nitrogen and oxygen atoms in total. The molecule has 4 fully saturated rings. The van der Waals surface area contributed by atoms with Crippen molar-refractivity contribution in [3.05, 3.63) is 12.7 Å². The van der Waals surface area contributed by atoms with Gasteiger partial charge in [0.2, 0.25) is 6.79 Å². The summed E-state index contributed by atoms with van der Waals surface area (Å²) in [5, 5.41) is 5.86. The van der Waals surface area contributed by atoms with Gasteiger partial charge in [-0.3, -0.25) is 0 Å². The molecule has 2 bridgehead atoms. The Hall–Kier alpha value is -2.29. The van der Waals surface area contributed by atoms with E-state index < -0.39 is 30.5 Å². The molecule has 0 aromatic rings. The third-order valence-electron chi connectivity index (χ3n) is 6.89. The molecule has 2 saturated heterocycles. The largest absolute Gasteiger partial charge is 0.449 e. The van der Waals surface area contributed by atoms with Crippen LogP contribution < -0.4 is 10.6 Å². The van der Waals surface area contributed by atoms with Gasteiger partial charge in [0.25, 0.3) is 0 Å². The fourth-order valence-electron chi connectivity index (χ4n) is 6.32. The molecule has 4 rings (SSSR count). The maximum atomic E-state index is 12.4. The SMILES string of the molecule is C=CC(=O)OCOC(=O)NC1(C)CC(C)(C)CC(C)(CNC(=O)OCC2CCC3CC2O3)C1. The molecule has 2 saturated carbocycles. The second-order valence-corrected chi connectivity index (χ2v) is 11.2. The molecule has 5 unspecified atom stereocenters. The third kappa shape index (κ3) is 7.09. The molecule has 0 radical (unpaired) electrons. The van der Waals surface area contributed by atoms with Crippen LogP contribution in [0.15, 0.2) is 12.7 Å². The smallest absolute Gasteiger partial charge is 0.410 e. The topological polar surface area (TPSA) is 112 Å². The van der Waals surface area contributed by atoms with E-state index in [1.54, 1.807) is 0 Å². The highest BCUT2D eigenvalue weighted by Gasteiger charge is 2.48. The molecule has 5 atom stereocenters. The van der Waals surface area contributed by atoms with E-state index in [0.717, 1.165) is 38.2 Å². The lowest BCUT2D eigenvalue weighted by Crippen LogP contribution is -2.57. The lowest BCUT2D eigenvalue weighted by molar-refractivity contribution is -0.191. The van der Waals surface area contributed by atoms with Crippen LogP contribution in [0.5, 0.6) is 0 Å². The first-order chi connectivity index (χ1) is 15.4. The van der Waals surface area contributed by atoms with E-state index in [2.05, 4.69) is 38.0 Å². The zero-order chi connectivity index (χ0) is 24.3. The Bertz CT molecular complexity index is 761. The number of carbonyl (C=O) groups is 3. The van der Waals surface area contributed by atoms with Gasteiger partial charge in [-0.15, -0.1) is 0 Å². The standard InChI is InChI=1S/C24H38N2O7/c1-6-19(27)31-15-32-21(29)26-24(5)12-22(2,3)11-23(4,13-24)14-25-20(28)30-10-16-7-8-17-9-18(16)33-17/h6,16-18H,1,7-15H2,2-5H3,(H,25,28)(H,26,29). The van der Waals surface area contributed by atoms with Crippen molar-refractivity contribution in [3.8, 4) is 0 Å². The molecule has 2 N–H and O–H groups in total. The number of carbonyl (C=O) groups excluding carboxylic acids is 3. The van der Waals surface area contributed by atoms with E-state index in [4.69, 9.17) is 18.9 Å². The Labute approximate surface area is 195 Å². The highest BCUT2D eigenvalue weighted by Crippen LogP contribution is 2.50. The third-order valence-corrected chi connectivity index (χ3v) is 6.89. The summed E-state index contributed by atoms with van der Waals surface area (Å²) < 4.78 is 20.9. The number of rotatable bonds is 8. The van der Waals surface area contributed by atoms with Crippen molar-refractivity contribution in [2.75, 3.05) is 19.9 Å². The van der Waals surface area contributed by atoms with E-state index in [1.165, 1.54) is 0 Å². The molecule has 0 aromatic heterocycles. The minimum atomic E-state index is -0.661. The highest BCUT2D eigenvalue weighted by atomic mass is 16.7. The van der Waals surface area contributed by atoms with Crippen molar-refractivity contribution < 1.29 is 33.3 Å². The zero-order valence-corrected chi connectivity index (χ0v) is 20.2. The van der Waals surface area contributed by atoms with Crippen molar-refractivity contribution in [2.24, 2.45) is 16.7 Å². The average molecular weight is 467 g/mol. The fourth-order valence-corrected chi connectivity index (χ4v) is 6.32. The number of fused-ring (bicyclic) bond motifs is 2. The number of alkyl carbamates (subject to hydrolysis) is 2. The minimum Gasteiger partial charge on any atom is -0.449 e. The normalized spacial score (nSPS) is 34.2. The fraction of sp³-hybridized carbons (Fsp3) is 0.792. The van der Waals surface area contributed by atoms with Crippen LogP contribution in [0, 0.1) is 16.7 Å². The van der Waals surface area contributed by atoms with Crippen LogP contribution in [0.4, 0.5) is 9.59 Å².